The molecule has 10 nitrogen and oxygen atoms in total. The van der Waals surface area contributed by atoms with Crippen molar-refractivity contribution in [1.82, 2.24) is 45.7 Å². The Kier molecular flexibility index (Phi) is 9.33. The van der Waals surface area contributed by atoms with Crippen LogP contribution in [0.2, 0.25) is 0 Å². The number of hydrogen-bond acceptors (Lipinski definition) is 9. The van der Waals surface area contributed by atoms with Crippen molar-refractivity contribution in [2.45, 2.75) is 38.1 Å². The van der Waals surface area contributed by atoms with Crippen LogP contribution in [-0.4, -0.2) is 83.3 Å². The van der Waals surface area contributed by atoms with Crippen LogP contribution in [-0.2, 0) is 0 Å². The van der Waals surface area contributed by atoms with Crippen LogP contribution in [0.25, 0.3) is 11.2 Å². The van der Waals surface area contributed by atoms with Gasteiger partial charge in [0.15, 0.2) is 11.5 Å². The van der Waals surface area contributed by atoms with E-state index in [1.807, 2.05) is 6.33 Å². The maximum Gasteiger partial charge on any atom is 0.165 e. The van der Waals surface area contributed by atoms with E-state index in [2.05, 4.69) is 58.8 Å². The molecule has 2 atom stereocenters. The van der Waals surface area contributed by atoms with Crippen LogP contribution in [0.15, 0.2) is 37.2 Å². The van der Waals surface area contributed by atoms with Crippen LogP contribution in [0, 0.1) is 5.92 Å². The van der Waals surface area contributed by atoms with Gasteiger partial charge in [0.2, 0.25) is 0 Å². The summed E-state index contributed by atoms with van der Waals surface area (Å²) in [7, 11) is 0. The molecule has 2 aromatic rings. The second kappa shape index (κ2) is 12.9. The van der Waals surface area contributed by atoms with Gasteiger partial charge in [0.05, 0.1) is 12.9 Å². The molecule has 6 N–H and O–H groups in total. The van der Waals surface area contributed by atoms with Crippen molar-refractivity contribution in [2.75, 3.05) is 64.6 Å². The van der Waals surface area contributed by atoms with Gasteiger partial charge >= 0.3 is 0 Å². The molecule has 192 valence electrons. The normalized spacial score (nSPS) is 23.1. The lowest BCUT2D eigenvalue weighted by molar-refractivity contribution is 0.324. The van der Waals surface area contributed by atoms with Gasteiger partial charge < -0.3 is 36.5 Å². The van der Waals surface area contributed by atoms with Crippen molar-refractivity contribution in [2.24, 2.45) is 5.92 Å². The quantitative estimate of drug-likeness (QED) is 0.414. The molecule has 1 aliphatic heterocycles. The minimum absolute atomic E-state index is 0.346. The van der Waals surface area contributed by atoms with Crippen molar-refractivity contribution < 1.29 is 0 Å². The van der Waals surface area contributed by atoms with Crippen LogP contribution in [0.4, 0.5) is 5.82 Å². The highest BCUT2D eigenvalue weighted by Crippen LogP contribution is 2.38. The van der Waals surface area contributed by atoms with Gasteiger partial charge in [-0.2, -0.15) is 0 Å². The number of allylic oxidation sites excluding steroid dienone is 1. The minimum atomic E-state index is 0.346. The third-order valence-corrected chi connectivity index (χ3v) is 7.17. The van der Waals surface area contributed by atoms with Gasteiger partial charge in [-0.1, -0.05) is 13.2 Å². The Bertz CT molecular complexity index is 956. The molecule has 1 saturated heterocycles. The van der Waals surface area contributed by atoms with Crippen LogP contribution in [0.3, 0.4) is 0 Å². The zero-order chi connectivity index (χ0) is 24.5. The summed E-state index contributed by atoms with van der Waals surface area (Å²) in [4.78, 5) is 15.3. The zero-order valence-corrected chi connectivity index (χ0v) is 20.9. The molecule has 0 spiro atoms. The van der Waals surface area contributed by atoms with E-state index < -0.39 is 0 Å². The first-order valence-corrected chi connectivity index (χ1v) is 13.0. The molecule has 10 heteroatoms. The Morgan fingerprint density at radius 1 is 0.971 bits per heavy atom. The summed E-state index contributed by atoms with van der Waals surface area (Å²) in [6.07, 6.45) is 8.80. The Balaban J connectivity index is 1.25. The molecule has 0 aromatic carbocycles. The number of nitrogens with one attached hydrogen (secondary N) is 4. The number of hydrogen-bond donors (Lipinski definition) is 5. The van der Waals surface area contributed by atoms with Gasteiger partial charge in [0.25, 0.3) is 0 Å². The first-order valence-electron chi connectivity index (χ1n) is 13.0. The van der Waals surface area contributed by atoms with Crippen LogP contribution < -0.4 is 27.0 Å². The third kappa shape index (κ3) is 6.93. The second-order valence-electron chi connectivity index (χ2n) is 9.64. The zero-order valence-electron chi connectivity index (χ0n) is 20.9. The number of anilines is 1. The predicted octanol–water partition coefficient (Wildman–Crippen LogP) is 1.23. The fourth-order valence-corrected chi connectivity index (χ4v) is 5.06. The SMILES string of the molecule is C=C(NCC(=C)N1CCCNCCNCCCNCC1)C1CCC(n2cnc3c(N)ncnc32)C1. The molecule has 0 amide bonds. The number of fused-ring (bicyclic) bond motifs is 1. The lowest BCUT2D eigenvalue weighted by Gasteiger charge is -2.28. The molecule has 0 radical (unpaired) electrons. The molecule has 4 rings (SSSR count). The number of imidazole rings is 1. The molecule has 2 aromatic heterocycles. The highest BCUT2D eigenvalue weighted by atomic mass is 15.2. The number of nitrogens with two attached hydrogens (primary N) is 1. The maximum atomic E-state index is 5.96. The Morgan fingerprint density at radius 3 is 2.57 bits per heavy atom. The van der Waals surface area contributed by atoms with E-state index in [1.165, 1.54) is 6.33 Å². The monoisotopic (exact) mass is 482 g/mol. The second-order valence-corrected chi connectivity index (χ2v) is 9.64. The van der Waals surface area contributed by atoms with E-state index >= 15 is 0 Å². The fourth-order valence-electron chi connectivity index (χ4n) is 5.06. The Morgan fingerprint density at radius 2 is 1.74 bits per heavy atom. The molecule has 2 fully saturated rings. The van der Waals surface area contributed by atoms with E-state index in [0.717, 1.165) is 108 Å². The third-order valence-electron chi connectivity index (χ3n) is 7.17. The molecule has 2 aliphatic rings. The Labute approximate surface area is 208 Å². The molecule has 1 saturated carbocycles. The van der Waals surface area contributed by atoms with E-state index in [0.29, 0.717) is 23.3 Å². The molecule has 35 heavy (non-hydrogen) atoms. The van der Waals surface area contributed by atoms with E-state index in [9.17, 15) is 0 Å². The molecule has 1 aliphatic carbocycles. The summed E-state index contributed by atoms with van der Waals surface area (Å²) >= 11 is 0. The van der Waals surface area contributed by atoms with Crippen molar-refractivity contribution in [3.05, 3.63) is 37.2 Å². The summed E-state index contributed by atoms with van der Waals surface area (Å²) in [5, 5.41) is 14.2. The van der Waals surface area contributed by atoms with Crippen LogP contribution in [0.5, 0.6) is 0 Å². The molecular weight excluding hydrogens is 440 g/mol. The van der Waals surface area contributed by atoms with Crippen molar-refractivity contribution in [3.63, 3.8) is 0 Å². The first kappa shape index (κ1) is 25.4. The number of rotatable bonds is 6. The topological polar surface area (TPSA) is 121 Å². The first-order chi connectivity index (χ1) is 17.1. The largest absolute Gasteiger partial charge is 0.383 e. The van der Waals surface area contributed by atoms with E-state index in [4.69, 9.17) is 5.73 Å². The van der Waals surface area contributed by atoms with Crippen molar-refractivity contribution >= 4 is 17.0 Å². The van der Waals surface area contributed by atoms with Crippen LogP contribution >= 0.6 is 0 Å². The molecule has 3 heterocycles. The van der Waals surface area contributed by atoms with Crippen molar-refractivity contribution in [3.8, 4) is 0 Å². The van der Waals surface area contributed by atoms with Gasteiger partial charge in [-0.05, 0) is 51.7 Å². The summed E-state index contributed by atoms with van der Waals surface area (Å²) in [5.41, 5.74) is 9.69. The molecule has 2 unspecified atom stereocenters. The minimum Gasteiger partial charge on any atom is -0.383 e. The summed E-state index contributed by atoms with van der Waals surface area (Å²) in [6, 6.07) is 0.346. The lowest BCUT2D eigenvalue weighted by atomic mass is 10.0. The highest BCUT2D eigenvalue weighted by molar-refractivity contribution is 5.81. The average Bonchev–Trinajstić information content (AvgIpc) is 3.52. The van der Waals surface area contributed by atoms with Gasteiger partial charge in [-0.15, -0.1) is 0 Å². The maximum absolute atomic E-state index is 5.96. The van der Waals surface area contributed by atoms with Gasteiger partial charge in [0, 0.05) is 56.1 Å². The average molecular weight is 483 g/mol. The van der Waals surface area contributed by atoms with E-state index in [-0.39, 0.29) is 0 Å². The van der Waals surface area contributed by atoms with Crippen LogP contribution in [0.1, 0.15) is 38.1 Å². The standard InChI is InChI=1S/C25H42N10/c1-19(34-13-4-9-28-11-10-27-7-3-8-29-12-14-34)16-30-20(2)21-5-6-22(15-21)35-18-33-23-24(26)31-17-32-25(23)35/h17-18,21-22,27-30H,1-16H2,(H2,26,31,32). The smallest absolute Gasteiger partial charge is 0.165 e. The van der Waals surface area contributed by atoms with Gasteiger partial charge in [-0.3, -0.25) is 0 Å². The lowest BCUT2D eigenvalue weighted by Crippen LogP contribution is -2.38. The number of nitrogen functional groups attached to an aromatic ring is 1. The Hall–Kier alpha value is -2.69. The number of aromatic nitrogens is 4. The molecular formula is C25H42N10. The summed E-state index contributed by atoms with van der Waals surface area (Å²) in [5.74, 6) is 0.853. The predicted molar refractivity (Wildman–Crippen MR) is 142 cm³/mol. The molecule has 0 bridgehead atoms. The summed E-state index contributed by atoms with van der Waals surface area (Å²) in [6.45, 7) is 17.7. The van der Waals surface area contributed by atoms with Gasteiger partial charge in [0.1, 0.15) is 11.8 Å². The number of nitrogens with zero attached hydrogens (tertiary/aromatic N) is 5. The fraction of sp³-hybridized carbons (Fsp3) is 0.640. The van der Waals surface area contributed by atoms with Crippen molar-refractivity contribution in [1.29, 1.82) is 0 Å². The van der Waals surface area contributed by atoms with Gasteiger partial charge in [-0.25, -0.2) is 15.0 Å². The van der Waals surface area contributed by atoms with E-state index in [1.54, 1.807) is 0 Å². The highest BCUT2D eigenvalue weighted by Gasteiger charge is 2.29. The summed E-state index contributed by atoms with van der Waals surface area (Å²) < 4.78 is 2.15.